The first-order valence-corrected chi connectivity index (χ1v) is 14.6. The fourth-order valence-corrected chi connectivity index (χ4v) is 7.18. The predicted octanol–water partition coefficient (Wildman–Crippen LogP) is 3.26. The normalized spacial score (nSPS) is 24.2. The van der Waals surface area contributed by atoms with Crippen molar-refractivity contribution in [1.82, 2.24) is 4.90 Å². The topological polar surface area (TPSA) is 49.4 Å². The van der Waals surface area contributed by atoms with Gasteiger partial charge in [-0.3, -0.25) is 0 Å². The van der Waals surface area contributed by atoms with Crippen molar-refractivity contribution in [2.24, 2.45) is 0 Å². The second-order valence-corrected chi connectivity index (χ2v) is 11.8. The van der Waals surface area contributed by atoms with E-state index in [1.807, 2.05) is 13.8 Å². The molecule has 0 aromatic heterocycles. The highest BCUT2D eigenvalue weighted by molar-refractivity contribution is 6.66. The van der Waals surface area contributed by atoms with E-state index in [1.165, 1.54) is 0 Å². The minimum Gasteiger partial charge on any atom is -0.395 e. The molecule has 1 aliphatic rings. The Morgan fingerprint density at radius 2 is 2.00 bits per heavy atom. The molecule has 2 radical (unpaired) electrons. The summed E-state index contributed by atoms with van der Waals surface area (Å²) < 4.78 is 29.5. The Morgan fingerprint density at radius 3 is 2.64 bits per heavy atom. The highest BCUT2D eigenvalue weighted by Crippen LogP contribution is 2.22. The molecule has 0 bridgehead atoms. The average molecular weight is 432 g/mol. The SMILES string of the molecule is C=CCOCC1CN(CCC[Si]C(OCC)OCC)CCC[Si](C)(OCC)O1. The Morgan fingerprint density at radius 1 is 1.25 bits per heavy atom. The van der Waals surface area contributed by atoms with Crippen LogP contribution in [0.1, 0.15) is 33.6 Å². The van der Waals surface area contributed by atoms with Gasteiger partial charge in [0.1, 0.15) is 15.4 Å². The van der Waals surface area contributed by atoms with Crippen LogP contribution in [0.3, 0.4) is 0 Å². The number of rotatable bonds is 15. The Kier molecular flexibility index (Phi) is 14.6. The van der Waals surface area contributed by atoms with Crippen LogP contribution >= 0.6 is 0 Å². The van der Waals surface area contributed by atoms with Crippen LogP contribution in [-0.2, 0) is 23.1 Å². The van der Waals surface area contributed by atoms with Crippen LogP contribution in [0.5, 0.6) is 0 Å². The first-order valence-electron chi connectivity index (χ1n) is 10.8. The van der Waals surface area contributed by atoms with E-state index < -0.39 is 8.56 Å². The molecule has 28 heavy (non-hydrogen) atoms. The summed E-state index contributed by atoms with van der Waals surface area (Å²) in [5.41, 5.74) is 0. The molecule has 0 saturated carbocycles. The summed E-state index contributed by atoms with van der Waals surface area (Å²) >= 11 is 0. The summed E-state index contributed by atoms with van der Waals surface area (Å²) in [6, 6.07) is 2.17. The highest BCUT2D eigenvalue weighted by Gasteiger charge is 2.36. The van der Waals surface area contributed by atoms with Crippen LogP contribution in [0.25, 0.3) is 0 Å². The number of hydrogen-bond donors (Lipinski definition) is 0. The molecule has 1 aliphatic heterocycles. The lowest BCUT2D eigenvalue weighted by molar-refractivity contribution is -0.0828. The fourth-order valence-electron chi connectivity index (χ4n) is 3.43. The molecular weight excluding hydrogens is 390 g/mol. The van der Waals surface area contributed by atoms with Crippen LogP contribution in [-0.4, -0.2) is 87.7 Å². The van der Waals surface area contributed by atoms with Gasteiger partial charge in [-0.15, -0.1) is 6.58 Å². The molecule has 2 unspecified atom stereocenters. The van der Waals surface area contributed by atoms with Gasteiger partial charge in [-0.05, 0) is 59.3 Å². The quantitative estimate of drug-likeness (QED) is 0.172. The van der Waals surface area contributed by atoms with E-state index in [2.05, 4.69) is 24.9 Å². The maximum atomic E-state index is 6.48. The van der Waals surface area contributed by atoms with E-state index in [9.17, 15) is 0 Å². The zero-order chi connectivity index (χ0) is 20.7. The molecule has 0 N–H and O–H groups in total. The van der Waals surface area contributed by atoms with Crippen molar-refractivity contribution in [2.45, 2.75) is 64.3 Å². The molecule has 6 nitrogen and oxygen atoms in total. The van der Waals surface area contributed by atoms with E-state index in [0.29, 0.717) is 42.6 Å². The van der Waals surface area contributed by atoms with Crippen LogP contribution in [0, 0.1) is 0 Å². The third kappa shape index (κ3) is 11.2. The predicted molar refractivity (Wildman–Crippen MR) is 117 cm³/mol. The Bertz CT molecular complexity index is 399. The van der Waals surface area contributed by atoms with Crippen molar-refractivity contribution >= 4 is 18.1 Å². The minimum absolute atomic E-state index is 0.0383. The van der Waals surface area contributed by atoms with Crippen LogP contribution in [0.15, 0.2) is 12.7 Å². The standard InChI is InChI=1S/C20H41NO5Si2/c1-6-14-22-18-19-17-21(13-11-16-28(5,26-19)25-9-4)12-10-15-27-20(23-7-2)24-8-3/h6,19-20H,1,7-18H2,2-5H3. The van der Waals surface area contributed by atoms with Gasteiger partial charge in [0.2, 0.25) is 0 Å². The first-order chi connectivity index (χ1) is 13.6. The molecule has 0 amide bonds. The van der Waals surface area contributed by atoms with Crippen LogP contribution in [0.2, 0.25) is 18.6 Å². The number of nitrogens with zero attached hydrogens (tertiary/aromatic N) is 1. The average Bonchev–Trinajstić information content (AvgIpc) is 2.64. The third-order valence-electron chi connectivity index (χ3n) is 4.57. The highest BCUT2D eigenvalue weighted by atomic mass is 28.4. The largest absolute Gasteiger partial charge is 0.395 e. The first kappa shape index (κ1) is 26.0. The van der Waals surface area contributed by atoms with Gasteiger partial charge in [0, 0.05) is 26.4 Å². The summed E-state index contributed by atoms with van der Waals surface area (Å²) in [7, 11) is -1.42. The third-order valence-corrected chi connectivity index (χ3v) is 8.87. The van der Waals surface area contributed by atoms with Crippen molar-refractivity contribution in [2.75, 3.05) is 52.7 Å². The summed E-state index contributed by atoms with van der Waals surface area (Å²) in [5.74, 6) is -0.0383. The van der Waals surface area contributed by atoms with E-state index >= 15 is 0 Å². The number of ether oxygens (including phenoxy) is 3. The summed E-state index contributed by atoms with van der Waals surface area (Å²) in [6.07, 6.45) is 4.13. The van der Waals surface area contributed by atoms with Gasteiger partial charge in [0.05, 0.1) is 19.3 Å². The monoisotopic (exact) mass is 431 g/mol. The maximum Gasteiger partial charge on any atom is 0.335 e. The zero-order valence-corrected chi connectivity index (χ0v) is 20.4. The lowest BCUT2D eigenvalue weighted by atomic mass is 10.3. The molecule has 1 fully saturated rings. The Balaban J connectivity index is 2.49. The van der Waals surface area contributed by atoms with E-state index in [4.69, 9.17) is 23.1 Å². The summed E-state index contributed by atoms with van der Waals surface area (Å²) in [4.78, 5) is 2.52. The minimum atomic E-state index is -2.11. The number of hydrogen-bond acceptors (Lipinski definition) is 6. The molecule has 0 aliphatic carbocycles. The second-order valence-electron chi connectivity index (χ2n) is 7.09. The molecule has 1 saturated heterocycles. The molecule has 8 heteroatoms. The van der Waals surface area contributed by atoms with E-state index in [1.54, 1.807) is 6.08 Å². The van der Waals surface area contributed by atoms with Crippen molar-refractivity contribution in [3.63, 3.8) is 0 Å². The molecule has 1 heterocycles. The molecule has 1 rings (SSSR count). The van der Waals surface area contributed by atoms with Crippen molar-refractivity contribution in [3.05, 3.63) is 12.7 Å². The zero-order valence-electron chi connectivity index (χ0n) is 18.4. The van der Waals surface area contributed by atoms with Gasteiger partial charge in [-0.2, -0.15) is 0 Å². The lowest BCUT2D eigenvalue weighted by Gasteiger charge is -2.37. The molecule has 0 spiro atoms. The van der Waals surface area contributed by atoms with Gasteiger partial charge in [0.15, 0.2) is 0 Å². The molecular formula is C20H41NO5Si2. The summed E-state index contributed by atoms with van der Waals surface area (Å²) in [5, 5.41) is 0. The lowest BCUT2D eigenvalue weighted by Crippen LogP contribution is -2.50. The van der Waals surface area contributed by atoms with Crippen molar-refractivity contribution in [1.29, 1.82) is 0 Å². The van der Waals surface area contributed by atoms with Crippen molar-refractivity contribution in [3.8, 4) is 0 Å². The van der Waals surface area contributed by atoms with E-state index in [0.717, 1.165) is 44.6 Å². The van der Waals surface area contributed by atoms with Gasteiger partial charge < -0.3 is 28.0 Å². The molecule has 164 valence electrons. The van der Waals surface area contributed by atoms with Gasteiger partial charge >= 0.3 is 8.56 Å². The second kappa shape index (κ2) is 15.7. The Labute approximate surface area is 176 Å². The van der Waals surface area contributed by atoms with Crippen molar-refractivity contribution < 1.29 is 23.1 Å². The van der Waals surface area contributed by atoms with Gasteiger partial charge in [-0.1, -0.05) is 12.1 Å². The summed E-state index contributed by atoms with van der Waals surface area (Å²) in [6.45, 7) is 18.4. The fraction of sp³-hybridized carbons (Fsp3) is 0.900. The molecule has 0 aromatic rings. The molecule has 2 atom stereocenters. The maximum absolute atomic E-state index is 6.48. The molecule has 0 aromatic carbocycles. The van der Waals surface area contributed by atoms with E-state index in [-0.39, 0.29) is 12.0 Å². The van der Waals surface area contributed by atoms with Gasteiger partial charge in [-0.25, -0.2) is 0 Å². The van der Waals surface area contributed by atoms with Crippen LogP contribution in [0.4, 0.5) is 0 Å². The van der Waals surface area contributed by atoms with Crippen LogP contribution < -0.4 is 0 Å². The van der Waals surface area contributed by atoms with Gasteiger partial charge in [0.25, 0.3) is 0 Å². The smallest absolute Gasteiger partial charge is 0.335 e. The Hall–Kier alpha value is -0.0662.